The Labute approximate surface area is 113 Å². The third-order valence-corrected chi connectivity index (χ3v) is 3.16. The molecular weight excluding hydrogens is 246 g/mol. The molecule has 1 fully saturated rings. The van der Waals surface area contributed by atoms with E-state index < -0.39 is 6.04 Å². The fourth-order valence-electron chi connectivity index (χ4n) is 2.16. The first-order valence-corrected chi connectivity index (χ1v) is 6.36. The molecule has 1 heterocycles. The molecule has 0 spiro atoms. The lowest BCUT2D eigenvalue weighted by atomic mass is 10.1. The maximum Gasteiger partial charge on any atom is 0.267 e. The van der Waals surface area contributed by atoms with Crippen molar-refractivity contribution in [2.75, 3.05) is 13.6 Å². The molecule has 1 saturated heterocycles. The number of carbonyl (C=O) groups excluding carboxylic acids is 3. The second-order valence-electron chi connectivity index (χ2n) is 4.81. The van der Waals surface area contributed by atoms with Gasteiger partial charge in [-0.3, -0.25) is 14.4 Å². The van der Waals surface area contributed by atoms with Crippen molar-refractivity contribution in [3.05, 3.63) is 11.3 Å². The summed E-state index contributed by atoms with van der Waals surface area (Å²) in [5.74, 6) is -0.746. The van der Waals surface area contributed by atoms with E-state index in [9.17, 15) is 14.4 Å². The number of amides is 3. The molecule has 1 aliphatic rings. The number of nitrogens with one attached hydrogen (secondary N) is 2. The van der Waals surface area contributed by atoms with E-state index in [1.54, 1.807) is 18.7 Å². The van der Waals surface area contributed by atoms with Gasteiger partial charge in [0.05, 0.1) is 0 Å². The van der Waals surface area contributed by atoms with Gasteiger partial charge < -0.3 is 15.5 Å². The molecule has 0 aromatic heterocycles. The molecule has 0 unspecified atom stereocenters. The van der Waals surface area contributed by atoms with E-state index in [4.69, 9.17) is 0 Å². The number of nitrogens with zero attached hydrogens (tertiary/aromatic N) is 1. The predicted molar refractivity (Wildman–Crippen MR) is 71.0 cm³/mol. The van der Waals surface area contributed by atoms with E-state index in [1.165, 1.54) is 14.0 Å². The molecule has 1 rings (SSSR count). The van der Waals surface area contributed by atoms with Crippen LogP contribution in [0.2, 0.25) is 0 Å². The van der Waals surface area contributed by atoms with Crippen LogP contribution >= 0.6 is 0 Å². The Morgan fingerprint density at radius 3 is 2.26 bits per heavy atom. The topological polar surface area (TPSA) is 78.5 Å². The Balaban J connectivity index is 2.81. The van der Waals surface area contributed by atoms with E-state index in [0.717, 1.165) is 12.0 Å². The van der Waals surface area contributed by atoms with E-state index in [2.05, 4.69) is 10.6 Å². The van der Waals surface area contributed by atoms with Crippen molar-refractivity contribution in [3.63, 3.8) is 0 Å². The summed E-state index contributed by atoms with van der Waals surface area (Å²) in [5, 5.41) is 5.11. The van der Waals surface area contributed by atoms with Crippen LogP contribution in [-0.4, -0.2) is 42.3 Å². The van der Waals surface area contributed by atoms with Gasteiger partial charge in [-0.1, -0.05) is 0 Å². The van der Waals surface area contributed by atoms with Gasteiger partial charge in [-0.05, 0) is 32.3 Å². The normalized spacial score (nSPS) is 17.9. The Morgan fingerprint density at radius 2 is 1.79 bits per heavy atom. The van der Waals surface area contributed by atoms with Gasteiger partial charge in [-0.2, -0.15) is 0 Å². The largest absolute Gasteiger partial charge is 0.354 e. The van der Waals surface area contributed by atoms with Crippen molar-refractivity contribution in [2.45, 2.75) is 39.7 Å². The molecule has 3 amide bonds. The van der Waals surface area contributed by atoms with Crippen LogP contribution in [-0.2, 0) is 14.4 Å². The van der Waals surface area contributed by atoms with Gasteiger partial charge in [0.25, 0.3) is 5.91 Å². The van der Waals surface area contributed by atoms with Crippen molar-refractivity contribution in [1.82, 2.24) is 15.5 Å². The Morgan fingerprint density at radius 1 is 1.16 bits per heavy atom. The van der Waals surface area contributed by atoms with Crippen molar-refractivity contribution in [1.29, 1.82) is 0 Å². The Kier molecular flexibility index (Phi) is 5.09. The SMILES string of the molecule is CNC(=O)C(NC(=O)[C@@H]1CCCN1C(C)=O)=C(C)C. The molecule has 1 aliphatic heterocycles. The lowest BCUT2D eigenvalue weighted by Crippen LogP contribution is -2.46. The summed E-state index contributed by atoms with van der Waals surface area (Å²) in [6.07, 6.45) is 1.44. The molecule has 0 aliphatic carbocycles. The van der Waals surface area contributed by atoms with E-state index >= 15 is 0 Å². The van der Waals surface area contributed by atoms with Crippen LogP contribution in [0, 0.1) is 0 Å². The third kappa shape index (κ3) is 3.56. The minimum Gasteiger partial charge on any atom is -0.354 e. The zero-order chi connectivity index (χ0) is 14.6. The number of rotatable bonds is 3. The first kappa shape index (κ1) is 15.2. The number of allylic oxidation sites excluding steroid dienone is 1. The van der Waals surface area contributed by atoms with Gasteiger partial charge in [0, 0.05) is 20.5 Å². The number of likely N-dealkylation sites (tertiary alicyclic amines) is 1. The van der Waals surface area contributed by atoms with Crippen molar-refractivity contribution >= 4 is 17.7 Å². The average Bonchev–Trinajstić information content (AvgIpc) is 2.83. The van der Waals surface area contributed by atoms with Gasteiger partial charge in [0.15, 0.2) is 0 Å². The van der Waals surface area contributed by atoms with Gasteiger partial charge >= 0.3 is 0 Å². The van der Waals surface area contributed by atoms with Gasteiger partial charge in [0.2, 0.25) is 11.8 Å². The highest BCUT2D eigenvalue weighted by Crippen LogP contribution is 2.18. The summed E-state index contributed by atoms with van der Waals surface area (Å²) in [6.45, 7) is 5.55. The fourth-order valence-corrected chi connectivity index (χ4v) is 2.16. The minimum atomic E-state index is -0.475. The van der Waals surface area contributed by atoms with Crippen LogP contribution in [0.4, 0.5) is 0 Å². The highest BCUT2D eigenvalue weighted by molar-refractivity contribution is 5.99. The molecule has 6 nitrogen and oxygen atoms in total. The van der Waals surface area contributed by atoms with E-state index in [-0.39, 0.29) is 23.4 Å². The molecule has 0 bridgehead atoms. The van der Waals surface area contributed by atoms with Crippen LogP contribution in [0.25, 0.3) is 0 Å². The van der Waals surface area contributed by atoms with E-state index in [0.29, 0.717) is 13.0 Å². The minimum absolute atomic E-state index is 0.114. The Bertz CT molecular complexity index is 425. The summed E-state index contributed by atoms with van der Waals surface area (Å²) in [6, 6.07) is -0.475. The van der Waals surface area contributed by atoms with E-state index in [1.807, 2.05) is 0 Å². The monoisotopic (exact) mass is 267 g/mol. The quantitative estimate of drug-likeness (QED) is 0.715. The number of hydrogen-bond donors (Lipinski definition) is 2. The zero-order valence-corrected chi connectivity index (χ0v) is 11.9. The van der Waals surface area contributed by atoms with Gasteiger partial charge in [-0.25, -0.2) is 0 Å². The smallest absolute Gasteiger partial charge is 0.267 e. The maximum atomic E-state index is 12.2. The molecule has 2 N–H and O–H groups in total. The molecular formula is C13H21N3O3. The lowest BCUT2D eigenvalue weighted by Gasteiger charge is -2.23. The number of carbonyl (C=O) groups is 3. The molecule has 0 radical (unpaired) electrons. The predicted octanol–water partition coefficient (Wildman–Crippen LogP) is 0.153. The third-order valence-electron chi connectivity index (χ3n) is 3.16. The fraction of sp³-hybridized carbons (Fsp3) is 0.615. The van der Waals surface area contributed by atoms with Crippen LogP contribution in [0.3, 0.4) is 0 Å². The summed E-state index contributed by atoms with van der Waals surface area (Å²) >= 11 is 0. The first-order chi connectivity index (χ1) is 8.88. The van der Waals surface area contributed by atoms with Crippen molar-refractivity contribution in [2.24, 2.45) is 0 Å². The maximum absolute atomic E-state index is 12.2. The highest BCUT2D eigenvalue weighted by Gasteiger charge is 2.33. The van der Waals surface area contributed by atoms with Crippen molar-refractivity contribution < 1.29 is 14.4 Å². The van der Waals surface area contributed by atoms with Crippen molar-refractivity contribution in [3.8, 4) is 0 Å². The van der Waals surface area contributed by atoms with Gasteiger partial charge in [0.1, 0.15) is 11.7 Å². The van der Waals surface area contributed by atoms with Crippen LogP contribution in [0.15, 0.2) is 11.3 Å². The molecule has 6 heteroatoms. The first-order valence-electron chi connectivity index (χ1n) is 6.36. The molecule has 1 atom stereocenters. The molecule has 0 aromatic rings. The number of hydrogen-bond acceptors (Lipinski definition) is 3. The highest BCUT2D eigenvalue weighted by atomic mass is 16.2. The number of likely N-dealkylation sites (N-methyl/N-ethyl adjacent to an activating group) is 1. The summed E-state index contributed by atoms with van der Waals surface area (Å²) in [7, 11) is 1.51. The molecule has 106 valence electrons. The summed E-state index contributed by atoms with van der Waals surface area (Å²) in [5.41, 5.74) is 0.975. The Hall–Kier alpha value is -1.85. The summed E-state index contributed by atoms with van der Waals surface area (Å²) < 4.78 is 0. The van der Waals surface area contributed by atoms with Crippen LogP contribution in [0.5, 0.6) is 0 Å². The van der Waals surface area contributed by atoms with Crippen LogP contribution in [0.1, 0.15) is 33.6 Å². The lowest BCUT2D eigenvalue weighted by molar-refractivity contribution is -0.136. The van der Waals surface area contributed by atoms with Gasteiger partial charge in [-0.15, -0.1) is 0 Å². The molecule has 19 heavy (non-hydrogen) atoms. The second-order valence-corrected chi connectivity index (χ2v) is 4.81. The summed E-state index contributed by atoms with van der Waals surface area (Å²) in [4.78, 5) is 36.8. The second kappa shape index (κ2) is 6.36. The zero-order valence-electron chi connectivity index (χ0n) is 11.9. The standard InChI is InChI=1S/C13H21N3O3/c1-8(2)11(13(19)14-4)15-12(18)10-6-5-7-16(10)9(3)17/h10H,5-7H2,1-4H3,(H,14,19)(H,15,18)/t10-/m0/s1. The molecule has 0 aromatic carbocycles. The van der Waals surface area contributed by atoms with Crippen LogP contribution < -0.4 is 10.6 Å². The molecule has 0 saturated carbocycles. The average molecular weight is 267 g/mol.